The average Bonchev–Trinajstić information content (AvgIpc) is 1.36. The number of hydrogen-bond donors (Lipinski definition) is 1. The summed E-state index contributed by atoms with van der Waals surface area (Å²) in [5, 5.41) is 17.3. The zero-order valence-electron chi connectivity index (χ0n) is 4.84. The number of aliphatic hydroxyl groups excluding tert-OH is 1. The molecule has 0 aliphatic heterocycles. The minimum Gasteiger partial charge on any atom is -0.547 e. The summed E-state index contributed by atoms with van der Waals surface area (Å²) in [7, 11) is 0. The quantitative estimate of drug-likeness (QED) is 0.407. The maximum absolute atomic E-state index is 9.34. The van der Waals surface area contributed by atoms with Gasteiger partial charge in [0, 0.05) is 0 Å². The number of carboxylic acids is 1. The summed E-state index contributed by atoms with van der Waals surface area (Å²) in [6.45, 7) is 1.13. The van der Waals surface area contributed by atoms with E-state index in [2.05, 4.69) is 0 Å². The zero-order valence-corrected chi connectivity index (χ0v) is 9.53. The van der Waals surface area contributed by atoms with Gasteiger partial charge in [-0.25, -0.2) is 0 Å². The Kier molecular flexibility index (Phi) is 18.0. The van der Waals surface area contributed by atoms with Crippen molar-refractivity contribution in [3.8, 4) is 0 Å². The molecule has 1 unspecified atom stereocenters. The molecule has 0 rings (SSSR count). The van der Waals surface area contributed by atoms with E-state index < -0.39 is 12.1 Å². The molecule has 0 fully saturated rings. The van der Waals surface area contributed by atoms with Crippen LogP contribution in [-0.2, 0) is 26.5 Å². The number of aliphatic carboxylic acids is 1. The van der Waals surface area contributed by atoms with Gasteiger partial charge in [0.25, 0.3) is 0 Å². The van der Waals surface area contributed by atoms with E-state index >= 15 is 0 Å². The van der Waals surface area contributed by atoms with Crippen LogP contribution in [0.25, 0.3) is 0 Å². The molecule has 0 aromatic rings. The molecule has 0 amide bonds. The van der Waals surface area contributed by atoms with Gasteiger partial charge in [-0.2, -0.15) is 0 Å². The van der Waals surface area contributed by atoms with Crippen molar-refractivity contribution in [2.24, 2.45) is 0 Å². The molecule has 0 spiro atoms. The first-order chi connectivity index (χ1) is 2.64. The third-order valence-electron chi connectivity index (χ3n) is 0.341. The summed E-state index contributed by atoms with van der Waals surface area (Å²) in [4.78, 5) is 9.34. The van der Waals surface area contributed by atoms with Gasteiger partial charge < -0.3 is 15.0 Å². The van der Waals surface area contributed by atoms with Crippen LogP contribution >= 0.6 is 0 Å². The molecule has 3 nitrogen and oxygen atoms in total. The topological polar surface area (TPSA) is 60.4 Å². The monoisotopic (exact) mass is 176 g/mol. The zero-order chi connectivity index (χ0) is 5.15. The van der Waals surface area contributed by atoms with Crippen molar-refractivity contribution in [3.05, 3.63) is 0 Å². The van der Waals surface area contributed by atoms with Crippen LogP contribution in [0.3, 0.4) is 0 Å². The van der Waals surface area contributed by atoms with Gasteiger partial charge in [0.1, 0.15) is 0 Å². The molecule has 1 N–H and O–H groups in total. The maximum atomic E-state index is 9.34. The van der Waals surface area contributed by atoms with Gasteiger partial charge in [0.05, 0.1) is 12.1 Å². The van der Waals surface area contributed by atoms with Crippen LogP contribution in [0.5, 0.6) is 0 Å². The van der Waals surface area contributed by atoms with Crippen molar-refractivity contribution in [1.82, 2.24) is 0 Å². The van der Waals surface area contributed by atoms with Crippen molar-refractivity contribution in [3.63, 3.8) is 0 Å². The molecule has 0 bridgehead atoms. The Bertz CT molecular complexity index is 65.5. The van der Waals surface area contributed by atoms with Crippen LogP contribution in [0.15, 0.2) is 0 Å². The van der Waals surface area contributed by atoms with Crippen LogP contribution in [-0.4, -0.2) is 17.2 Å². The second-order valence-corrected chi connectivity index (χ2v) is 0.995. The first-order valence-corrected chi connectivity index (χ1v) is 1.53. The number of carboxylic acid groups (broad SMARTS) is 1. The van der Waals surface area contributed by atoms with Gasteiger partial charge in [0.2, 0.25) is 0 Å². The summed E-state index contributed by atoms with van der Waals surface area (Å²) in [6, 6.07) is 0. The molecule has 0 saturated carbocycles. The van der Waals surface area contributed by atoms with Gasteiger partial charge in [-0.3, -0.25) is 0 Å². The van der Waals surface area contributed by atoms with Crippen LogP contribution in [0.4, 0.5) is 0 Å². The standard InChI is InChI=1S/C3H6O3.K.Ti/c1-2(4)3(5)6;;/h2,4H,1H3,(H,5,6);;/q;+1;+2/p-1. The molecular formula is C3H5KO3Ti+2. The first kappa shape index (κ1) is 16.4. The third kappa shape index (κ3) is 10.7. The van der Waals surface area contributed by atoms with Crippen LogP contribution in [0.1, 0.15) is 6.92 Å². The van der Waals surface area contributed by atoms with E-state index in [1.54, 1.807) is 0 Å². The predicted molar refractivity (Wildman–Crippen MR) is 16.7 cm³/mol. The molecule has 1 atom stereocenters. The van der Waals surface area contributed by atoms with Crippen LogP contribution in [0.2, 0.25) is 0 Å². The fraction of sp³-hybridized carbons (Fsp3) is 0.667. The van der Waals surface area contributed by atoms with Gasteiger partial charge in [-0.15, -0.1) is 0 Å². The SMILES string of the molecule is CC(O)C(=O)[O-].[K+].[Ti+2]. The minimum absolute atomic E-state index is 0. The summed E-state index contributed by atoms with van der Waals surface area (Å²) in [5.74, 6) is -1.44. The normalized spacial score (nSPS) is 10.2. The predicted octanol–water partition coefficient (Wildman–Crippen LogP) is -4.88. The van der Waals surface area contributed by atoms with Gasteiger partial charge in [0.15, 0.2) is 0 Å². The summed E-state index contributed by atoms with van der Waals surface area (Å²) in [5.41, 5.74) is 0. The number of hydrogen-bond acceptors (Lipinski definition) is 3. The number of aliphatic hydroxyl groups is 1. The first-order valence-electron chi connectivity index (χ1n) is 1.53. The fourth-order valence-electron chi connectivity index (χ4n) is 0. The summed E-state index contributed by atoms with van der Waals surface area (Å²) in [6.07, 6.45) is -1.34. The molecule has 0 aromatic heterocycles. The third-order valence-corrected chi connectivity index (χ3v) is 0.341. The second-order valence-electron chi connectivity index (χ2n) is 0.995. The molecule has 0 saturated heterocycles. The van der Waals surface area contributed by atoms with Crippen molar-refractivity contribution in [2.45, 2.75) is 13.0 Å². The minimum atomic E-state index is -1.44. The molecule has 5 heteroatoms. The molecule has 38 valence electrons. The van der Waals surface area contributed by atoms with E-state index in [-0.39, 0.29) is 73.1 Å². The Hall–Kier alpha value is 1.78. The van der Waals surface area contributed by atoms with E-state index in [1.807, 2.05) is 0 Å². The Morgan fingerprint density at radius 1 is 1.75 bits per heavy atom. The summed E-state index contributed by atoms with van der Waals surface area (Å²) < 4.78 is 0. The molecular weight excluding hydrogens is 171 g/mol. The fourth-order valence-corrected chi connectivity index (χ4v) is 0. The molecule has 8 heavy (non-hydrogen) atoms. The van der Waals surface area contributed by atoms with Crippen molar-refractivity contribution in [1.29, 1.82) is 0 Å². The van der Waals surface area contributed by atoms with E-state index in [0.717, 1.165) is 6.92 Å². The molecule has 0 aliphatic rings. The largest absolute Gasteiger partial charge is 2.00 e. The summed E-state index contributed by atoms with van der Waals surface area (Å²) >= 11 is 0. The van der Waals surface area contributed by atoms with Crippen LogP contribution < -0.4 is 56.5 Å². The molecule has 0 aromatic carbocycles. The van der Waals surface area contributed by atoms with E-state index in [0.29, 0.717) is 0 Å². The smallest absolute Gasteiger partial charge is 0.547 e. The maximum Gasteiger partial charge on any atom is 2.00 e. The van der Waals surface area contributed by atoms with Crippen molar-refractivity contribution < 1.29 is 88.1 Å². The number of carbonyl (C=O) groups is 1. The van der Waals surface area contributed by atoms with Gasteiger partial charge in [-0.05, 0) is 6.92 Å². The van der Waals surface area contributed by atoms with Crippen molar-refractivity contribution in [2.75, 3.05) is 0 Å². The van der Waals surface area contributed by atoms with Crippen molar-refractivity contribution >= 4 is 5.97 Å². The van der Waals surface area contributed by atoms with Gasteiger partial charge in [-0.1, -0.05) is 0 Å². The van der Waals surface area contributed by atoms with E-state index in [1.165, 1.54) is 0 Å². The molecule has 0 radical (unpaired) electrons. The Balaban J connectivity index is -0.000000125. The number of carbonyl (C=O) groups excluding carboxylic acids is 1. The average molecular weight is 176 g/mol. The second kappa shape index (κ2) is 8.78. The van der Waals surface area contributed by atoms with E-state index in [4.69, 9.17) is 5.11 Å². The number of rotatable bonds is 1. The Morgan fingerprint density at radius 3 is 1.88 bits per heavy atom. The Morgan fingerprint density at radius 2 is 1.88 bits per heavy atom. The van der Waals surface area contributed by atoms with E-state index in [9.17, 15) is 9.90 Å². The van der Waals surface area contributed by atoms with Crippen LogP contribution in [0, 0.1) is 0 Å². The van der Waals surface area contributed by atoms with Gasteiger partial charge >= 0.3 is 73.1 Å². The Labute approximate surface area is 105 Å². The molecule has 0 heterocycles. The molecule has 0 aliphatic carbocycles.